The molecule has 5 aliphatic heterocycles. The summed E-state index contributed by atoms with van der Waals surface area (Å²) in [5.41, 5.74) is 12.0. The van der Waals surface area contributed by atoms with Crippen LogP contribution >= 0.6 is 24.0 Å². The third kappa shape index (κ3) is 28.0. The molecule has 0 radical (unpaired) electrons. The maximum Gasteiger partial charge on any atom is 0.410 e. The van der Waals surface area contributed by atoms with E-state index in [2.05, 4.69) is 41.0 Å². The summed E-state index contributed by atoms with van der Waals surface area (Å²) in [4.78, 5) is 51.1. The second-order valence-corrected chi connectivity index (χ2v) is 24.0. The van der Waals surface area contributed by atoms with E-state index < -0.39 is 102 Å². The second kappa shape index (κ2) is 40.3. The number of urea groups is 1. The van der Waals surface area contributed by atoms with Gasteiger partial charge in [0, 0.05) is 79.9 Å². The van der Waals surface area contributed by atoms with Crippen molar-refractivity contribution in [2.45, 2.75) is 102 Å². The largest absolute Gasteiger partial charge is 0.494 e. The second-order valence-electron chi connectivity index (χ2n) is 20.1. The maximum atomic E-state index is 12.3. The van der Waals surface area contributed by atoms with Crippen molar-refractivity contribution in [3.8, 4) is 22.9 Å². The molecule has 11 rings (SSSR count). The smallest absolute Gasteiger partial charge is 0.410 e. The van der Waals surface area contributed by atoms with Crippen molar-refractivity contribution in [3.05, 3.63) is 131 Å². The van der Waals surface area contributed by atoms with Crippen LogP contribution < -0.4 is 42.2 Å². The molecule has 0 atom stereocenters. The van der Waals surface area contributed by atoms with E-state index in [-0.39, 0.29) is 84.4 Å². The zero-order chi connectivity index (χ0) is 80.2. The lowest BCUT2D eigenvalue weighted by molar-refractivity contribution is 0.0130. The first-order valence-corrected chi connectivity index (χ1v) is 31.0. The minimum Gasteiger partial charge on any atom is -0.494 e. The van der Waals surface area contributed by atoms with E-state index >= 15 is 0 Å². The Kier molecular flexibility index (Phi) is 25.0. The Morgan fingerprint density at radius 2 is 1.32 bits per heavy atom. The highest BCUT2D eigenvalue weighted by Gasteiger charge is 2.29. The van der Waals surface area contributed by atoms with Crippen LogP contribution in [-0.2, 0) is 36.1 Å². The molecule has 8 N–H and O–H groups in total. The monoisotopic (exact) mass is 1370 g/mol. The maximum absolute atomic E-state index is 12.3. The fourth-order valence-electron chi connectivity index (χ4n) is 6.47. The number of sulfonamides is 1. The number of rotatable bonds is 13. The van der Waals surface area contributed by atoms with Crippen LogP contribution in [0.5, 0.6) is 11.5 Å². The summed E-state index contributed by atoms with van der Waals surface area (Å²) in [5, 5.41) is 22.1. The Hall–Kier alpha value is -7.70. The average molecular weight is 1370 g/mol. The number of methoxy groups -OCH3 is 1. The van der Waals surface area contributed by atoms with E-state index in [1.807, 2.05) is 25.2 Å². The number of carbonyl (C=O) groups is 4. The van der Waals surface area contributed by atoms with E-state index in [1.54, 1.807) is 125 Å². The number of benzene rings is 4. The number of nitrogens with one attached hydrogen (secondary N) is 4. The van der Waals surface area contributed by atoms with E-state index in [0.29, 0.717) is 54.8 Å². The van der Waals surface area contributed by atoms with Gasteiger partial charge in [-0.3, -0.25) is 13.7 Å². The van der Waals surface area contributed by atoms with Gasteiger partial charge in [0.25, 0.3) is 16.0 Å². The first kappa shape index (κ1) is 57.0. The van der Waals surface area contributed by atoms with E-state index in [0.717, 1.165) is 15.4 Å². The molecule has 5 fully saturated rings. The van der Waals surface area contributed by atoms with Gasteiger partial charge in [-0.25, -0.2) is 27.8 Å². The number of primary amides is 2. The number of likely N-dealkylation sites (tertiary alicyclic amines) is 2. The molecule has 5 aliphatic rings. The van der Waals surface area contributed by atoms with Crippen LogP contribution in [0, 0.1) is 13.8 Å². The molecule has 0 unspecified atom stereocenters. The van der Waals surface area contributed by atoms with Gasteiger partial charge in [-0.05, 0) is 148 Å². The topological polar surface area (TPSA) is 340 Å². The van der Waals surface area contributed by atoms with Gasteiger partial charge < -0.3 is 56.7 Å². The van der Waals surface area contributed by atoms with Gasteiger partial charge in [0.2, 0.25) is 10.0 Å². The summed E-state index contributed by atoms with van der Waals surface area (Å²) < 4.78 is 177. The van der Waals surface area contributed by atoms with Crippen molar-refractivity contribution in [1.29, 1.82) is 0 Å². The summed E-state index contributed by atoms with van der Waals surface area (Å²) in [7, 11) is -4.14. The van der Waals surface area contributed by atoms with Crippen molar-refractivity contribution in [1.82, 2.24) is 55.0 Å². The summed E-state index contributed by atoms with van der Waals surface area (Å²) in [5.74, 6) is 0.390. The predicted octanol–water partition coefficient (Wildman–Crippen LogP) is 8.85. The SMILES string of the molecule is Cl.NC(=O)Oc1ccccc1.[2H]C([2H])(CC)COS(=O)(=O)c1ccc(C)cc1.[2H]C([2H])([2H])NC(=O)c1nnc(Cl)cc1Nc1cccc(-c2ncn(C)n2)c1OC.[2H]C1([2H])CN(C(=O)OC(C)(C)C)C1.[2H]C1([2H])CN(C(N)=O)C1.[2H]C1([2H])CN(S(=O)(=O)c2ccc(C)cc2)C1.[2H]C1([2H])CNC1.[2H]C1([2H])CNC1. The van der Waals surface area contributed by atoms with Crippen LogP contribution in [0.15, 0.2) is 119 Å². The molecular weight excluding hydrogens is 1270 g/mol. The first-order valence-electron chi connectivity index (χ1n) is 35.3. The van der Waals surface area contributed by atoms with Gasteiger partial charge in [-0.1, -0.05) is 84.6 Å². The Morgan fingerprint density at radius 1 is 0.761 bits per heavy atom. The highest BCUT2D eigenvalue weighted by molar-refractivity contribution is 7.89. The molecule has 2 aromatic heterocycles. The number of carbonyl (C=O) groups excluding carboxylic acids is 4. The van der Waals surface area contributed by atoms with Crippen LogP contribution in [0.25, 0.3) is 11.4 Å². The molecule has 506 valence electrons. The number of ether oxygens (including phenoxy) is 3. The summed E-state index contributed by atoms with van der Waals surface area (Å²) in [6.07, 6.45) is -6.66. The number of para-hydroxylation sites is 2. The molecule has 6 aromatic rings. The molecular formula is C62H90Cl2N14O12S2. The Balaban J connectivity index is 0.000000334. The zero-order valence-corrected chi connectivity index (χ0v) is 55.3. The molecule has 30 heteroatoms. The number of anilines is 2. The van der Waals surface area contributed by atoms with Crippen molar-refractivity contribution >= 4 is 79.6 Å². The van der Waals surface area contributed by atoms with Crippen molar-refractivity contribution in [2.75, 3.05) is 91.5 Å². The van der Waals surface area contributed by atoms with Crippen molar-refractivity contribution in [2.24, 2.45) is 18.5 Å². The quantitative estimate of drug-likeness (QED) is 0.0588. The van der Waals surface area contributed by atoms with Crippen LogP contribution in [0.4, 0.5) is 25.8 Å². The Labute approximate surface area is 573 Å². The molecule has 7 heterocycles. The number of hydrogen-bond donors (Lipinski definition) is 6. The number of hydrogen-bond acceptors (Lipinski definition) is 19. The van der Waals surface area contributed by atoms with Crippen LogP contribution in [0.1, 0.15) is 115 Å². The Bertz CT molecular complexity index is 4090. The normalized spacial score (nSPS) is 19.6. The lowest BCUT2D eigenvalue weighted by atomic mass is 10.1. The third-order valence-corrected chi connectivity index (χ3v) is 14.9. The number of aromatic nitrogens is 5. The number of nitrogens with zero attached hydrogens (tertiary/aromatic N) is 8. The molecule has 5 amide bonds. The van der Waals surface area contributed by atoms with E-state index in [1.165, 1.54) is 35.1 Å². The number of amides is 5. The molecule has 92 heavy (non-hydrogen) atoms. The molecule has 0 bridgehead atoms. The van der Waals surface area contributed by atoms with E-state index in [4.69, 9.17) is 57.3 Å². The van der Waals surface area contributed by atoms with Gasteiger partial charge in [-0.2, -0.15) is 17.8 Å². The van der Waals surface area contributed by atoms with Gasteiger partial charge in [-0.15, -0.1) is 22.6 Å². The minimum atomic E-state index is -3.86. The number of nitrogens with two attached hydrogens (primary N) is 2. The van der Waals surface area contributed by atoms with Gasteiger partial charge in [0.15, 0.2) is 22.4 Å². The van der Waals surface area contributed by atoms with Gasteiger partial charge in [0.05, 0.1) is 40.4 Å². The fourth-order valence-corrected chi connectivity index (χ4v) is 8.76. The zero-order valence-electron chi connectivity index (χ0n) is 67.1. The lowest BCUT2D eigenvalue weighted by Crippen LogP contribution is -2.45. The summed E-state index contributed by atoms with van der Waals surface area (Å²) >= 11 is 5.91. The van der Waals surface area contributed by atoms with Crippen molar-refractivity contribution < 1.29 is 75.0 Å². The molecule has 0 aliphatic carbocycles. The number of aryl methyl sites for hydroxylation is 3. The molecule has 26 nitrogen and oxygen atoms in total. The number of halogens is 2. The van der Waals surface area contributed by atoms with Gasteiger partial charge in [0.1, 0.15) is 17.7 Å². The third-order valence-electron chi connectivity index (χ3n) is 11.7. The lowest BCUT2D eigenvalue weighted by Gasteiger charge is -2.32. The van der Waals surface area contributed by atoms with Crippen molar-refractivity contribution in [3.63, 3.8) is 0 Å². The molecule has 5 saturated heterocycles. The van der Waals surface area contributed by atoms with E-state index in [9.17, 15) is 36.0 Å². The molecule has 4 aromatic carbocycles. The average Bonchev–Trinajstić information content (AvgIpc) is 1.07. The standard InChI is InChI=1S/C16H16ClN7O2.C11H16O3S.C10H13NO2S.C8H15NO2.C7H7NO2.C4H8N2O.2C3H7N.ClH/c1-18-16(25)13-11(7-12(17)21-22-13)20-10-6-4-5-9(14(10)26-3)15-19-8-24(2)23-15;1-3-4-9-14-15(12,13)11-7-5-10(2)6-8-11;1-9-3-5-10(6-4-9)14(12,13)11-7-2-8-11;1-8(2,3)11-7(10)9-5-4-6-9;8-7(9)10-6-4-2-1-3-5-6;5-4(7)6-2-1-3-6;2*1-2-4-3-1;/h4-8H,1-3H3,(H,18,25)(H,20,21);5-8H,3-4,9H2,1-2H3;3-6H,2,7-8H2,1H3;4-6H2,1-3H3;1-5H,(H2,8,9);1-3H2,(H2,5,7);2*4H,1-3H2;1H/i1D3;4D2;2D2;4D2;;3*1D2;. The van der Waals surface area contributed by atoms with Gasteiger partial charge >= 0.3 is 18.2 Å². The highest BCUT2D eigenvalue weighted by Crippen LogP contribution is 2.37. The Morgan fingerprint density at radius 3 is 1.76 bits per heavy atom. The van der Waals surface area contributed by atoms with Crippen LogP contribution in [0.2, 0.25) is 5.15 Å². The summed E-state index contributed by atoms with van der Waals surface area (Å²) in [6.45, 7) is 10.2. The summed E-state index contributed by atoms with van der Waals surface area (Å²) in [6, 6.07) is 27.5. The molecule has 0 spiro atoms. The first-order chi connectivity index (χ1) is 48.7. The fraction of sp³-hybridized carbons (Fsp3) is 0.452. The highest BCUT2D eigenvalue weighted by atomic mass is 35.5. The predicted molar refractivity (Wildman–Crippen MR) is 358 cm³/mol. The molecule has 0 saturated carbocycles. The minimum absolute atomic E-state index is 0. The van der Waals surface area contributed by atoms with Crippen LogP contribution in [0.3, 0.4) is 0 Å². The van der Waals surface area contributed by atoms with Crippen LogP contribution in [-0.4, -0.2) is 172 Å².